The van der Waals surface area contributed by atoms with Crippen LogP contribution in [0.3, 0.4) is 0 Å². The summed E-state index contributed by atoms with van der Waals surface area (Å²) in [4.78, 5) is 16.1. The van der Waals surface area contributed by atoms with Crippen molar-refractivity contribution >= 4 is 38.8 Å². The number of aliphatic hydroxyl groups is 1. The van der Waals surface area contributed by atoms with Crippen molar-refractivity contribution in [2.24, 2.45) is 23.7 Å². The molecule has 3 aliphatic carbocycles. The number of fused-ring (bicyclic) bond motifs is 6. The molecule has 0 aromatic heterocycles. The van der Waals surface area contributed by atoms with Gasteiger partial charge in [-0.3, -0.25) is 9.52 Å². The molecule has 0 saturated heterocycles. The number of benzene rings is 2. The number of ether oxygens (including phenoxy) is 1. The third kappa shape index (κ3) is 5.29. The lowest BCUT2D eigenvalue weighted by molar-refractivity contribution is 0.0452. The number of hydrogen-bond acceptors (Lipinski definition) is 5. The predicted molar refractivity (Wildman–Crippen MR) is 175 cm³/mol. The third-order valence-corrected chi connectivity index (χ3v) is 13.7. The van der Waals surface area contributed by atoms with E-state index < -0.39 is 15.8 Å². The zero-order valence-corrected chi connectivity index (χ0v) is 26.5. The van der Waals surface area contributed by atoms with E-state index in [1.807, 2.05) is 24.3 Å². The average molecular weight is 623 g/mol. The Hall–Kier alpha value is -2.48. The van der Waals surface area contributed by atoms with Crippen molar-refractivity contribution < 1.29 is 18.8 Å². The highest BCUT2D eigenvalue weighted by Crippen LogP contribution is 2.47. The summed E-state index contributed by atoms with van der Waals surface area (Å²) in [6.45, 7) is 4.18. The van der Waals surface area contributed by atoms with Gasteiger partial charge in [0, 0.05) is 34.3 Å². The predicted octanol–water partition coefficient (Wildman–Crippen LogP) is 5.94. The van der Waals surface area contributed by atoms with Gasteiger partial charge in [0.2, 0.25) is 0 Å². The molecule has 2 aromatic rings. The number of hydrogen-bond donors (Lipinski definition) is 2. The average Bonchev–Trinajstić information content (AvgIpc) is 3.11. The van der Waals surface area contributed by atoms with Crippen LogP contribution in [0, 0.1) is 23.7 Å². The molecule has 43 heavy (non-hydrogen) atoms. The van der Waals surface area contributed by atoms with Gasteiger partial charge in [-0.2, -0.15) is 0 Å². The van der Waals surface area contributed by atoms with Gasteiger partial charge in [-0.05, 0) is 116 Å². The van der Waals surface area contributed by atoms with Gasteiger partial charge in [-0.25, -0.2) is 4.21 Å². The van der Waals surface area contributed by atoms with Gasteiger partial charge in [0.05, 0.1) is 28.1 Å². The molecular weight excluding hydrogens is 580 g/mol. The number of carbonyl (C=O) groups is 1. The van der Waals surface area contributed by atoms with Crippen molar-refractivity contribution in [1.29, 1.82) is 0 Å². The van der Waals surface area contributed by atoms with Crippen molar-refractivity contribution in [3.63, 3.8) is 0 Å². The number of nitrogens with zero attached hydrogens (tertiary/aromatic N) is 1. The first-order valence-corrected chi connectivity index (χ1v) is 18.2. The number of rotatable bonds is 0. The number of amides is 1. The van der Waals surface area contributed by atoms with Crippen LogP contribution < -0.4 is 14.4 Å². The molecule has 1 amide bonds. The first-order valence-electron chi connectivity index (χ1n) is 16.0. The lowest BCUT2D eigenvalue weighted by Crippen LogP contribution is -2.49. The molecule has 8 atom stereocenters. The first-order chi connectivity index (χ1) is 20.6. The maximum Gasteiger partial charge on any atom is 0.262 e. The van der Waals surface area contributed by atoms with E-state index in [2.05, 4.69) is 40.6 Å². The van der Waals surface area contributed by atoms with E-state index >= 15 is 0 Å². The van der Waals surface area contributed by atoms with Crippen LogP contribution in [0.1, 0.15) is 73.4 Å². The van der Waals surface area contributed by atoms with Crippen LogP contribution in [0.25, 0.3) is 0 Å². The molecule has 1 spiro atoms. The van der Waals surface area contributed by atoms with Gasteiger partial charge < -0.3 is 14.7 Å². The fourth-order valence-electron chi connectivity index (χ4n) is 8.67. The van der Waals surface area contributed by atoms with Crippen molar-refractivity contribution in [1.82, 2.24) is 4.72 Å². The second kappa shape index (κ2) is 11.1. The van der Waals surface area contributed by atoms with E-state index in [9.17, 15) is 14.1 Å². The number of aryl methyl sites for hydroxylation is 1. The Morgan fingerprint density at radius 3 is 2.79 bits per heavy atom. The fourth-order valence-corrected chi connectivity index (χ4v) is 10.9. The quantitative estimate of drug-likeness (QED) is 0.281. The van der Waals surface area contributed by atoms with E-state index in [1.54, 1.807) is 6.07 Å². The van der Waals surface area contributed by atoms with E-state index in [1.165, 1.54) is 11.1 Å². The van der Waals surface area contributed by atoms with Crippen molar-refractivity contribution in [2.75, 3.05) is 24.6 Å². The number of nitrogens with one attached hydrogen (secondary N) is 1. The Balaban J connectivity index is 1.30. The monoisotopic (exact) mass is 622 g/mol. The van der Waals surface area contributed by atoms with Gasteiger partial charge in [-0.15, -0.1) is 0 Å². The van der Waals surface area contributed by atoms with Gasteiger partial charge in [0.25, 0.3) is 5.91 Å². The lowest BCUT2D eigenvalue weighted by atomic mass is 9.68. The molecule has 2 aliphatic heterocycles. The maximum absolute atomic E-state index is 14.0. The molecule has 2 N–H and O–H groups in total. The second-order valence-electron chi connectivity index (χ2n) is 13.8. The highest BCUT2D eigenvalue weighted by atomic mass is 35.5. The van der Waals surface area contributed by atoms with E-state index in [4.69, 9.17) is 16.3 Å². The summed E-state index contributed by atoms with van der Waals surface area (Å²) >= 11 is 6.42. The summed E-state index contributed by atoms with van der Waals surface area (Å²) in [6.07, 6.45) is 11.4. The smallest absolute Gasteiger partial charge is 0.262 e. The van der Waals surface area contributed by atoms with Gasteiger partial charge in [-0.1, -0.05) is 43.2 Å². The van der Waals surface area contributed by atoms with Crippen LogP contribution in [0.2, 0.25) is 5.02 Å². The highest BCUT2D eigenvalue weighted by molar-refractivity contribution is 7.99. The Bertz CT molecular complexity index is 1560. The van der Waals surface area contributed by atoms with Gasteiger partial charge in [0.15, 0.2) is 0 Å². The third-order valence-electron chi connectivity index (χ3n) is 11.3. The summed E-state index contributed by atoms with van der Waals surface area (Å²) < 4.78 is 23.4. The molecule has 2 fully saturated rings. The van der Waals surface area contributed by atoms with E-state index in [0.29, 0.717) is 18.1 Å². The summed E-state index contributed by atoms with van der Waals surface area (Å²) in [7, 11) is -2.90. The maximum atomic E-state index is 14.0. The van der Waals surface area contributed by atoms with E-state index in [-0.39, 0.29) is 34.3 Å². The molecule has 7 rings (SSSR count). The summed E-state index contributed by atoms with van der Waals surface area (Å²) in [5.74, 6) is 5.29. The summed E-state index contributed by atoms with van der Waals surface area (Å²) in [6, 6.07) is 11.8. The number of anilines is 1. The number of allylic oxidation sites excluding steroid dienone is 1. The lowest BCUT2D eigenvalue weighted by Gasteiger charge is -2.45. The Morgan fingerprint density at radius 1 is 1.12 bits per heavy atom. The SMILES string of the molecule is C=S1(=O)NC(=O)c2ccc3c(c2)N(C[C@@H]2CC[C@H]2[C@@H](O)/C=C/[C@@H]2CCC[C@@H]1[C@H]2C)C[C@@]1(CCCc2cc(Cl)ccc21)CO3. The molecule has 4 bridgehead atoms. The zero-order valence-electron chi connectivity index (χ0n) is 25.0. The van der Waals surface area contributed by atoms with Crippen LogP contribution >= 0.6 is 11.6 Å². The molecular formula is C35H43ClN2O4S. The number of carbonyl (C=O) groups excluding carboxylic acids is 1. The van der Waals surface area contributed by atoms with Crippen LogP contribution in [-0.2, 0) is 21.5 Å². The Labute approximate surface area is 261 Å². The van der Waals surface area contributed by atoms with Crippen LogP contribution in [0.5, 0.6) is 5.75 Å². The largest absolute Gasteiger partial charge is 0.490 e. The minimum Gasteiger partial charge on any atom is -0.490 e. The second-order valence-corrected chi connectivity index (χ2v) is 16.5. The normalized spacial score (nSPS) is 38.0. The molecule has 2 aromatic carbocycles. The molecule has 6 nitrogen and oxygen atoms in total. The highest BCUT2D eigenvalue weighted by Gasteiger charge is 2.44. The molecule has 2 saturated carbocycles. The van der Waals surface area contributed by atoms with Crippen molar-refractivity contribution in [3.05, 3.63) is 70.3 Å². The molecule has 8 heteroatoms. The standard InChI is InChI=1S/C35H43ClN2O4S/c1-22-23-5-3-7-33(22)43(2,41)37-34(40)25-10-15-32-30(18-25)38(19-26-8-12-28(26)31(39)14-9-23)20-35(21-42-32)16-4-6-24-17-27(36)11-13-29(24)35/h9-11,13-15,17-18,22-23,26,28,31,33,39H,2-8,12,16,19-21H2,1H3,(H,37,40,41)/b14-9+/t22-,23-,26-,28+,31-,33+,35-,43?/m0/s1. The van der Waals surface area contributed by atoms with Gasteiger partial charge in [0.1, 0.15) is 5.75 Å². The fraction of sp³-hybridized carbons (Fsp3) is 0.543. The molecule has 1 unspecified atom stereocenters. The van der Waals surface area contributed by atoms with Crippen LogP contribution in [-0.4, -0.2) is 52.1 Å². The first kappa shape index (κ1) is 29.2. The van der Waals surface area contributed by atoms with Crippen molar-refractivity contribution in [2.45, 2.75) is 75.1 Å². The van der Waals surface area contributed by atoms with Crippen molar-refractivity contribution in [3.8, 4) is 5.75 Å². The molecule has 0 radical (unpaired) electrons. The number of halogens is 1. The van der Waals surface area contributed by atoms with Crippen LogP contribution in [0.4, 0.5) is 5.69 Å². The Morgan fingerprint density at radius 2 is 1.98 bits per heavy atom. The van der Waals surface area contributed by atoms with Gasteiger partial charge >= 0.3 is 0 Å². The summed E-state index contributed by atoms with van der Waals surface area (Å²) in [5.41, 5.74) is 3.72. The van der Waals surface area contributed by atoms with Crippen LogP contribution in [0.15, 0.2) is 48.6 Å². The molecule has 5 aliphatic rings. The number of aliphatic hydroxyl groups excluding tert-OH is 1. The summed E-state index contributed by atoms with van der Waals surface area (Å²) in [5, 5.41) is 11.9. The topological polar surface area (TPSA) is 78.9 Å². The minimum absolute atomic E-state index is 0.0907. The zero-order chi connectivity index (χ0) is 29.9. The minimum atomic E-state index is -2.90. The Kier molecular flexibility index (Phi) is 7.58. The molecule has 230 valence electrons. The van der Waals surface area contributed by atoms with E-state index in [0.717, 1.165) is 80.9 Å². The molecule has 2 heterocycles.